The first-order chi connectivity index (χ1) is 11.8. The van der Waals surface area contributed by atoms with Gasteiger partial charge in [0.25, 0.3) is 0 Å². The number of hydrogen-bond donors (Lipinski definition) is 1. The van der Waals surface area contributed by atoms with Crippen molar-refractivity contribution < 1.29 is 18.3 Å². The highest BCUT2D eigenvalue weighted by molar-refractivity contribution is 7.90. The van der Waals surface area contributed by atoms with Crippen LogP contribution in [-0.2, 0) is 16.3 Å². The average molecular weight is 360 g/mol. The SMILES string of the molecule is CS(=O)(=O)c1ccc(N2CCC(Cc3ccccc3C(=O)O)C2)nc1. The summed E-state index contributed by atoms with van der Waals surface area (Å²) in [6.45, 7) is 1.60. The Hall–Kier alpha value is -2.41. The fourth-order valence-electron chi connectivity index (χ4n) is 3.20. The van der Waals surface area contributed by atoms with Gasteiger partial charge in [0.2, 0.25) is 0 Å². The summed E-state index contributed by atoms with van der Waals surface area (Å²) >= 11 is 0. The molecule has 7 heteroatoms. The lowest BCUT2D eigenvalue weighted by molar-refractivity contribution is 0.0695. The number of pyridine rings is 1. The van der Waals surface area contributed by atoms with Crippen LogP contribution in [0, 0.1) is 5.92 Å². The average Bonchev–Trinajstić information content (AvgIpc) is 3.03. The molecule has 1 aromatic heterocycles. The minimum absolute atomic E-state index is 0.211. The van der Waals surface area contributed by atoms with Gasteiger partial charge in [-0.1, -0.05) is 18.2 Å². The summed E-state index contributed by atoms with van der Waals surface area (Å²) < 4.78 is 23.0. The summed E-state index contributed by atoms with van der Waals surface area (Å²) in [6.07, 6.45) is 4.21. The third-order valence-electron chi connectivity index (χ3n) is 4.52. The monoisotopic (exact) mass is 360 g/mol. The molecular formula is C18H20N2O4S. The van der Waals surface area contributed by atoms with Crippen LogP contribution in [0.2, 0.25) is 0 Å². The Bertz CT molecular complexity index is 878. The molecule has 0 radical (unpaired) electrons. The number of rotatable bonds is 5. The molecule has 1 aromatic carbocycles. The molecule has 0 spiro atoms. The second-order valence-corrected chi connectivity index (χ2v) is 8.41. The quantitative estimate of drug-likeness (QED) is 0.880. The van der Waals surface area contributed by atoms with Crippen LogP contribution in [0.4, 0.5) is 5.82 Å². The van der Waals surface area contributed by atoms with Crippen molar-refractivity contribution in [2.45, 2.75) is 17.7 Å². The van der Waals surface area contributed by atoms with Gasteiger partial charge in [0.15, 0.2) is 9.84 Å². The van der Waals surface area contributed by atoms with Crippen molar-refractivity contribution in [2.75, 3.05) is 24.2 Å². The minimum atomic E-state index is -3.24. The van der Waals surface area contributed by atoms with Crippen molar-refractivity contribution in [3.8, 4) is 0 Å². The standard InChI is InChI=1S/C18H20N2O4S/c1-25(23,24)15-6-7-17(19-11-15)20-9-8-13(12-20)10-14-4-2-3-5-16(14)18(21)22/h2-7,11,13H,8-10,12H2,1H3,(H,21,22). The molecule has 2 heterocycles. The summed E-state index contributed by atoms with van der Waals surface area (Å²) in [5.74, 6) is 0.196. The molecule has 1 fully saturated rings. The zero-order valence-electron chi connectivity index (χ0n) is 13.9. The molecule has 6 nitrogen and oxygen atoms in total. The van der Waals surface area contributed by atoms with Gasteiger partial charge in [0, 0.05) is 25.5 Å². The Kier molecular flexibility index (Phi) is 4.76. The summed E-state index contributed by atoms with van der Waals surface area (Å²) in [4.78, 5) is 17.9. The lowest BCUT2D eigenvalue weighted by atomic mass is 9.95. The molecule has 1 unspecified atom stereocenters. The zero-order valence-corrected chi connectivity index (χ0v) is 14.7. The van der Waals surface area contributed by atoms with E-state index in [1.807, 2.05) is 12.1 Å². The zero-order chi connectivity index (χ0) is 18.0. The second-order valence-electron chi connectivity index (χ2n) is 6.39. The van der Waals surface area contributed by atoms with E-state index >= 15 is 0 Å². The molecule has 0 amide bonds. The number of hydrogen-bond acceptors (Lipinski definition) is 5. The first-order valence-corrected chi connectivity index (χ1v) is 9.96. The largest absolute Gasteiger partial charge is 0.478 e. The molecule has 3 rings (SSSR count). The molecule has 1 aliphatic rings. The first-order valence-electron chi connectivity index (χ1n) is 8.07. The second kappa shape index (κ2) is 6.84. The Morgan fingerprint density at radius 1 is 1.28 bits per heavy atom. The van der Waals surface area contributed by atoms with E-state index in [9.17, 15) is 18.3 Å². The molecule has 132 valence electrons. The third-order valence-corrected chi connectivity index (χ3v) is 5.61. The van der Waals surface area contributed by atoms with Crippen molar-refractivity contribution in [3.05, 3.63) is 53.7 Å². The number of benzene rings is 1. The summed E-state index contributed by atoms with van der Waals surface area (Å²) in [5.41, 5.74) is 1.21. The number of anilines is 1. The van der Waals surface area contributed by atoms with Gasteiger partial charge in [-0.15, -0.1) is 0 Å². The van der Waals surface area contributed by atoms with Crippen LogP contribution in [0.25, 0.3) is 0 Å². The van der Waals surface area contributed by atoms with E-state index in [0.29, 0.717) is 17.9 Å². The summed E-state index contributed by atoms with van der Waals surface area (Å²) in [5, 5.41) is 9.29. The maximum absolute atomic E-state index is 11.5. The normalized spacial score (nSPS) is 17.6. The van der Waals surface area contributed by atoms with Gasteiger partial charge in [0.1, 0.15) is 5.82 Å². The fourth-order valence-corrected chi connectivity index (χ4v) is 3.76. The number of nitrogens with zero attached hydrogens (tertiary/aromatic N) is 2. The highest BCUT2D eigenvalue weighted by atomic mass is 32.2. The Labute approximate surface area is 147 Å². The van der Waals surface area contributed by atoms with E-state index < -0.39 is 15.8 Å². The van der Waals surface area contributed by atoms with Crippen LogP contribution < -0.4 is 4.90 Å². The van der Waals surface area contributed by atoms with Gasteiger partial charge in [0.05, 0.1) is 10.5 Å². The third kappa shape index (κ3) is 3.99. The van der Waals surface area contributed by atoms with Crippen LogP contribution in [0.1, 0.15) is 22.3 Å². The number of aromatic nitrogens is 1. The first kappa shape index (κ1) is 17.4. The van der Waals surface area contributed by atoms with Crippen LogP contribution in [-0.4, -0.2) is 43.8 Å². The van der Waals surface area contributed by atoms with Crippen LogP contribution in [0.15, 0.2) is 47.5 Å². The lowest BCUT2D eigenvalue weighted by Crippen LogP contribution is -2.21. The van der Waals surface area contributed by atoms with Gasteiger partial charge >= 0.3 is 5.97 Å². The van der Waals surface area contributed by atoms with Gasteiger partial charge < -0.3 is 10.0 Å². The topological polar surface area (TPSA) is 87.6 Å². The smallest absolute Gasteiger partial charge is 0.335 e. The fraction of sp³-hybridized carbons (Fsp3) is 0.333. The molecule has 0 bridgehead atoms. The molecule has 1 saturated heterocycles. The van der Waals surface area contributed by atoms with E-state index in [1.165, 1.54) is 6.20 Å². The van der Waals surface area contributed by atoms with Crippen molar-refractivity contribution in [3.63, 3.8) is 0 Å². The van der Waals surface area contributed by atoms with E-state index in [0.717, 1.165) is 37.1 Å². The van der Waals surface area contributed by atoms with E-state index in [1.54, 1.807) is 24.3 Å². The number of sulfone groups is 1. The summed E-state index contributed by atoms with van der Waals surface area (Å²) in [7, 11) is -3.24. The molecule has 1 atom stereocenters. The van der Waals surface area contributed by atoms with Crippen molar-refractivity contribution >= 4 is 21.6 Å². The van der Waals surface area contributed by atoms with Crippen LogP contribution in [0.5, 0.6) is 0 Å². The number of carboxylic acid groups (broad SMARTS) is 1. The Morgan fingerprint density at radius 2 is 2.04 bits per heavy atom. The van der Waals surface area contributed by atoms with Crippen LogP contribution >= 0.6 is 0 Å². The van der Waals surface area contributed by atoms with Crippen molar-refractivity contribution in [2.24, 2.45) is 5.92 Å². The van der Waals surface area contributed by atoms with E-state index in [-0.39, 0.29) is 4.90 Å². The molecule has 1 N–H and O–H groups in total. The molecule has 0 saturated carbocycles. The maximum Gasteiger partial charge on any atom is 0.335 e. The van der Waals surface area contributed by atoms with Gasteiger partial charge in [-0.2, -0.15) is 0 Å². The van der Waals surface area contributed by atoms with Crippen LogP contribution in [0.3, 0.4) is 0 Å². The van der Waals surface area contributed by atoms with Crippen molar-refractivity contribution in [1.29, 1.82) is 0 Å². The molecule has 0 aliphatic carbocycles. The Morgan fingerprint density at radius 3 is 2.68 bits per heavy atom. The molecule has 25 heavy (non-hydrogen) atoms. The maximum atomic E-state index is 11.5. The molecular weight excluding hydrogens is 340 g/mol. The lowest BCUT2D eigenvalue weighted by Gasteiger charge is -2.18. The van der Waals surface area contributed by atoms with Crippen molar-refractivity contribution in [1.82, 2.24) is 4.98 Å². The number of carboxylic acids is 1. The summed E-state index contributed by atoms with van der Waals surface area (Å²) in [6, 6.07) is 10.4. The van der Waals surface area contributed by atoms with E-state index in [2.05, 4.69) is 9.88 Å². The molecule has 2 aromatic rings. The predicted molar refractivity (Wildman–Crippen MR) is 94.8 cm³/mol. The van der Waals surface area contributed by atoms with Gasteiger partial charge in [-0.3, -0.25) is 0 Å². The highest BCUT2D eigenvalue weighted by Gasteiger charge is 2.25. The molecule has 1 aliphatic heterocycles. The van der Waals surface area contributed by atoms with Gasteiger partial charge in [-0.05, 0) is 42.5 Å². The Balaban J connectivity index is 1.69. The number of carbonyl (C=O) groups is 1. The van der Waals surface area contributed by atoms with Gasteiger partial charge in [-0.25, -0.2) is 18.2 Å². The highest BCUT2D eigenvalue weighted by Crippen LogP contribution is 2.26. The minimum Gasteiger partial charge on any atom is -0.478 e. The van der Waals surface area contributed by atoms with E-state index in [4.69, 9.17) is 0 Å². The number of aromatic carboxylic acids is 1. The predicted octanol–water partition coefficient (Wildman–Crippen LogP) is 2.25.